The minimum absolute atomic E-state index is 0.349. The summed E-state index contributed by atoms with van der Waals surface area (Å²) in [4.78, 5) is 20.0. The summed E-state index contributed by atoms with van der Waals surface area (Å²) in [7, 11) is 0. The summed E-state index contributed by atoms with van der Waals surface area (Å²) >= 11 is 0. The molecule has 0 atom stereocenters. The Morgan fingerprint density at radius 2 is 1.39 bits per heavy atom. The van der Waals surface area contributed by atoms with Gasteiger partial charge in [0.1, 0.15) is 11.6 Å². The number of amides is 2. The van der Waals surface area contributed by atoms with Crippen LogP contribution >= 0.6 is 0 Å². The van der Waals surface area contributed by atoms with Gasteiger partial charge in [-0.2, -0.15) is 0 Å². The average Bonchev–Trinajstić information content (AvgIpc) is 2.35. The lowest BCUT2D eigenvalue weighted by atomic mass is 10.3. The second kappa shape index (κ2) is 5.27. The van der Waals surface area contributed by atoms with Gasteiger partial charge in [0.25, 0.3) is 0 Å². The molecule has 2 heterocycles. The number of urea groups is 1. The Balaban J connectivity index is 2.06. The van der Waals surface area contributed by atoms with E-state index in [9.17, 15) is 4.79 Å². The molecule has 0 aliphatic carbocycles. The van der Waals surface area contributed by atoms with E-state index in [-0.39, 0.29) is 6.03 Å². The molecule has 2 aromatic rings. The van der Waals surface area contributed by atoms with Crippen LogP contribution in [0.2, 0.25) is 0 Å². The number of pyridine rings is 2. The van der Waals surface area contributed by atoms with Gasteiger partial charge < -0.3 is 0 Å². The molecule has 0 aromatic carbocycles. The van der Waals surface area contributed by atoms with Crippen molar-refractivity contribution in [2.75, 3.05) is 10.6 Å². The maximum absolute atomic E-state index is 11.8. The minimum Gasteiger partial charge on any atom is -0.292 e. The summed E-state index contributed by atoms with van der Waals surface area (Å²) in [5, 5.41) is 5.37. The number of aryl methyl sites for hydroxylation is 2. The smallest absolute Gasteiger partial charge is 0.292 e. The summed E-state index contributed by atoms with van der Waals surface area (Å²) in [6.45, 7) is 3.77. The molecule has 2 N–H and O–H groups in total. The van der Waals surface area contributed by atoms with E-state index < -0.39 is 0 Å². The third-order valence-corrected chi connectivity index (χ3v) is 2.48. The van der Waals surface area contributed by atoms with E-state index in [1.165, 1.54) is 0 Å². The van der Waals surface area contributed by atoms with Gasteiger partial charge in [0.15, 0.2) is 0 Å². The molecule has 0 aliphatic rings. The zero-order valence-electron chi connectivity index (χ0n) is 10.3. The minimum atomic E-state index is -0.349. The van der Waals surface area contributed by atoms with Crippen LogP contribution in [0.5, 0.6) is 0 Å². The summed E-state index contributed by atoms with van der Waals surface area (Å²) in [6, 6.07) is 7.06. The van der Waals surface area contributed by atoms with Gasteiger partial charge >= 0.3 is 6.03 Å². The topological polar surface area (TPSA) is 66.9 Å². The molecule has 0 fully saturated rings. The first-order chi connectivity index (χ1) is 8.66. The highest BCUT2D eigenvalue weighted by Crippen LogP contribution is 2.12. The van der Waals surface area contributed by atoms with E-state index in [1.807, 2.05) is 38.1 Å². The number of carbonyl (C=O) groups is 1. The van der Waals surface area contributed by atoms with Crippen molar-refractivity contribution in [2.24, 2.45) is 0 Å². The van der Waals surface area contributed by atoms with Crippen LogP contribution in [0.3, 0.4) is 0 Å². The molecular weight excluding hydrogens is 228 g/mol. The third-order valence-electron chi connectivity index (χ3n) is 2.48. The number of nitrogens with zero attached hydrogens (tertiary/aromatic N) is 2. The van der Waals surface area contributed by atoms with Gasteiger partial charge in [-0.25, -0.2) is 14.8 Å². The Morgan fingerprint density at radius 3 is 1.78 bits per heavy atom. The molecule has 0 saturated heterocycles. The lowest BCUT2D eigenvalue weighted by molar-refractivity contribution is 0.262. The standard InChI is InChI=1S/C13H14N4O/c1-9-5-3-7-14-11(9)16-13(18)17-12-10(2)6-4-8-15-12/h3-8H,1-2H3,(H2,14,15,16,17,18). The first-order valence-corrected chi connectivity index (χ1v) is 5.58. The monoisotopic (exact) mass is 242 g/mol. The van der Waals surface area contributed by atoms with Crippen LogP contribution < -0.4 is 10.6 Å². The van der Waals surface area contributed by atoms with Crippen molar-refractivity contribution in [3.8, 4) is 0 Å². The Kier molecular flexibility index (Phi) is 3.52. The predicted molar refractivity (Wildman–Crippen MR) is 70.6 cm³/mol. The van der Waals surface area contributed by atoms with Crippen molar-refractivity contribution < 1.29 is 4.79 Å². The number of hydrogen-bond acceptors (Lipinski definition) is 3. The SMILES string of the molecule is Cc1cccnc1NC(=O)Nc1ncccc1C. The molecule has 2 amide bonds. The second-order valence-corrected chi connectivity index (χ2v) is 3.92. The summed E-state index contributed by atoms with van der Waals surface area (Å²) in [5.74, 6) is 1.09. The largest absolute Gasteiger partial charge is 0.326 e. The molecular formula is C13H14N4O. The fourth-order valence-electron chi connectivity index (χ4n) is 1.48. The van der Waals surface area contributed by atoms with Gasteiger partial charge in [0.2, 0.25) is 0 Å². The van der Waals surface area contributed by atoms with Crippen LogP contribution in [0.4, 0.5) is 16.4 Å². The third kappa shape index (κ3) is 2.82. The molecule has 0 unspecified atom stereocenters. The quantitative estimate of drug-likeness (QED) is 0.850. The normalized spacial score (nSPS) is 9.89. The zero-order valence-corrected chi connectivity index (χ0v) is 10.3. The van der Waals surface area contributed by atoms with Crippen molar-refractivity contribution in [3.05, 3.63) is 47.8 Å². The Hall–Kier alpha value is -2.43. The number of hydrogen-bond donors (Lipinski definition) is 2. The first-order valence-electron chi connectivity index (χ1n) is 5.58. The molecule has 0 bridgehead atoms. The van der Waals surface area contributed by atoms with Crippen LogP contribution in [-0.4, -0.2) is 16.0 Å². The molecule has 18 heavy (non-hydrogen) atoms. The molecule has 0 radical (unpaired) electrons. The van der Waals surface area contributed by atoms with E-state index in [1.54, 1.807) is 12.4 Å². The first kappa shape index (κ1) is 12.0. The van der Waals surface area contributed by atoms with Gasteiger partial charge in [-0.3, -0.25) is 10.6 Å². The molecule has 2 rings (SSSR count). The van der Waals surface area contributed by atoms with Crippen LogP contribution in [0.15, 0.2) is 36.7 Å². The van der Waals surface area contributed by atoms with E-state index >= 15 is 0 Å². The fraction of sp³-hybridized carbons (Fsp3) is 0.154. The summed E-state index contributed by atoms with van der Waals surface area (Å²) in [6.07, 6.45) is 3.27. The van der Waals surface area contributed by atoms with Crippen LogP contribution in [0.1, 0.15) is 11.1 Å². The van der Waals surface area contributed by atoms with Crippen molar-refractivity contribution in [2.45, 2.75) is 13.8 Å². The van der Waals surface area contributed by atoms with Gasteiger partial charge in [0.05, 0.1) is 0 Å². The van der Waals surface area contributed by atoms with Crippen LogP contribution in [0.25, 0.3) is 0 Å². The highest BCUT2D eigenvalue weighted by Gasteiger charge is 2.07. The lowest BCUT2D eigenvalue weighted by Crippen LogP contribution is -2.21. The molecule has 0 spiro atoms. The highest BCUT2D eigenvalue weighted by atomic mass is 16.2. The maximum Gasteiger partial charge on any atom is 0.326 e. The lowest BCUT2D eigenvalue weighted by Gasteiger charge is -2.09. The van der Waals surface area contributed by atoms with Crippen molar-refractivity contribution in [3.63, 3.8) is 0 Å². The highest BCUT2D eigenvalue weighted by molar-refractivity contribution is 5.99. The molecule has 0 aliphatic heterocycles. The van der Waals surface area contributed by atoms with E-state index in [2.05, 4.69) is 20.6 Å². The van der Waals surface area contributed by atoms with Crippen molar-refractivity contribution >= 4 is 17.7 Å². The van der Waals surface area contributed by atoms with Crippen molar-refractivity contribution in [1.82, 2.24) is 9.97 Å². The average molecular weight is 242 g/mol. The Labute approximate surface area is 105 Å². The Morgan fingerprint density at radius 1 is 0.944 bits per heavy atom. The number of rotatable bonds is 2. The van der Waals surface area contributed by atoms with Crippen molar-refractivity contribution in [1.29, 1.82) is 0 Å². The molecule has 5 nitrogen and oxygen atoms in total. The van der Waals surface area contributed by atoms with Gasteiger partial charge in [0, 0.05) is 12.4 Å². The number of anilines is 2. The van der Waals surface area contributed by atoms with Crippen LogP contribution in [-0.2, 0) is 0 Å². The zero-order chi connectivity index (χ0) is 13.0. The van der Waals surface area contributed by atoms with E-state index in [0.29, 0.717) is 11.6 Å². The van der Waals surface area contributed by atoms with Gasteiger partial charge in [-0.05, 0) is 37.1 Å². The van der Waals surface area contributed by atoms with Gasteiger partial charge in [-0.1, -0.05) is 12.1 Å². The molecule has 0 saturated carbocycles. The Bertz CT molecular complexity index is 519. The summed E-state index contributed by atoms with van der Waals surface area (Å²) in [5.41, 5.74) is 1.82. The number of carbonyl (C=O) groups excluding carboxylic acids is 1. The summed E-state index contributed by atoms with van der Waals surface area (Å²) < 4.78 is 0. The van der Waals surface area contributed by atoms with Crippen LogP contribution in [0, 0.1) is 13.8 Å². The van der Waals surface area contributed by atoms with Gasteiger partial charge in [-0.15, -0.1) is 0 Å². The molecule has 92 valence electrons. The molecule has 5 heteroatoms. The number of aromatic nitrogens is 2. The number of nitrogens with one attached hydrogen (secondary N) is 2. The van der Waals surface area contributed by atoms with E-state index in [4.69, 9.17) is 0 Å². The fourth-order valence-corrected chi connectivity index (χ4v) is 1.48. The predicted octanol–water partition coefficient (Wildman–Crippen LogP) is 2.74. The molecule has 2 aromatic heterocycles. The second-order valence-electron chi connectivity index (χ2n) is 3.92. The van der Waals surface area contributed by atoms with E-state index in [0.717, 1.165) is 11.1 Å². The maximum atomic E-state index is 11.8.